The zero-order valence-electron chi connectivity index (χ0n) is 16.1. The van der Waals surface area contributed by atoms with Gasteiger partial charge in [-0.3, -0.25) is 9.88 Å². The topological polar surface area (TPSA) is 83.0 Å². The third-order valence-electron chi connectivity index (χ3n) is 4.38. The first-order valence-corrected chi connectivity index (χ1v) is 9.43. The Morgan fingerprint density at radius 3 is 2.20 bits per heavy atom. The molecule has 7 nitrogen and oxygen atoms in total. The van der Waals surface area contributed by atoms with Crippen LogP contribution < -0.4 is 15.5 Å². The molecular formula is C23H20N6O. The fourth-order valence-corrected chi connectivity index (χ4v) is 2.92. The van der Waals surface area contributed by atoms with E-state index in [1.807, 2.05) is 72.9 Å². The molecule has 4 rings (SSSR count). The fourth-order valence-electron chi connectivity index (χ4n) is 2.92. The number of para-hydroxylation sites is 1. The highest BCUT2D eigenvalue weighted by atomic mass is 16.2. The summed E-state index contributed by atoms with van der Waals surface area (Å²) in [7, 11) is 0. The van der Waals surface area contributed by atoms with Crippen LogP contribution in [0.3, 0.4) is 0 Å². The molecule has 7 heteroatoms. The van der Waals surface area contributed by atoms with Crippen LogP contribution in [0.25, 0.3) is 0 Å². The maximum Gasteiger partial charge on any atom is 0.331 e. The van der Waals surface area contributed by atoms with E-state index in [0.717, 1.165) is 16.9 Å². The third kappa shape index (κ3) is 4.77. The molecule has 2 heterocycles. The molecule has 4 aromatic rings. The molecule has 0 aliphatic rings. The Morgan fingerprint density at radius 1 is 0.767 bits per heavy atom. The largest absolute Gasteiger partial charge is 0.381 e. The molecule has 2 amide bonds. The zero-order valence-corrected chi connectivity index (χ0v) is 16.1. The van der Waals surface area contributed by atoms with Crippen molar-refractivity contribution in [3.8, 4) is 0 Å². The molecule has 2 aromatic heterocycles. The zero-order chi connectivity index (χ0) is 20.6. The normalized spacial score (nSPS) is 10.3. The second-order valence-electron chi connectivity index (χ2n) is 6.49. The number of benzene rings is 2. The number of hydrogen-bond donors (Lipinski definition) is 2. The van der Waals surface area contributed by atoms with Crippen LogP contribution in [-0.4, -0.2) is 21.0 Å². The van der Waals surface area contributed by atoms with E-state index in [4.69, 9.17) is 0 Å². The van der Waals surface area contributed by atoms with Gasteiger partial charge in [-0.2, -0.15) is 0 Å². The molecule has 0 saturated heterocycles. The van der Waals surface area contributed by atoms with Crippen molar-refractivity contribution >= 4 is 28.8 Å². The monoisotopic (exact) mass is 396 g/mol. The quantitative estimate of drug-likeness (QED) is 0.487. The Kier molecular flexibility index (Phi) is 5.91. The predicted octanol–water partition coefficient (Wildman–Crippen LogP) is 4.85. The smallest absolute Gasteiger partial charge is 0.331 e. The van der Waals surface area contributed by atoms with Crippen LogP contribution in [0.4, 0.5) is 27.5 Å². The van der Waals surface area contributed by atoms with Crippen molar-refractivity contribution in [3.63, 3.8) is 0 Å². The molecule has 30 heavy (non-hydrogen) atoms. The maximum atomic E-state index is 13.0. The van der Waals surface area contributed by atoms with Crippen molar-refractivity contribution in [1.82, 2.24) is 15.0 Å². The van der Waals surface area contributed by atoms with Crippen LogP contribution in [0.15, 0.2) is 97.8 Å². The maximum absolute atomic E-state index is 13.0. The molecule has 0 saturated carbocycles. The minimum atomic E-state index is -0.299. The van der Waals surface area contributed by atoms with Gasteiger partial charge in [0.2, 0.25) is 0 Å². The Hall–Kier alpha value is -4.26. The summed E-state index contributed by atoms with van der Waals surface area (Å²) in [6, 6.07) is 20.6. The van der Waals surface area contributed by atoms with E-state index in [2.05, 4.69) is 25.6 Å². The summed E-state index contributed by atoms with van der Waals surface area (Å²) in [6.07, 6.45) is 8.21. The van der Waals surface area contributed by atoms with Gasteiger partial charge in [-0.05, 0) is 48.0 Å². The van der Waals surface area contributed by atoms with Gasteiger partial charge < -0.3 is 10.6 Å². The molecule has 2 N–H and O–H groups in total. The molecule has 0 radical (unpaired) electrons. The number of carbonyl (C=O) groups is 1. The summed E-state index contributed by atoms with van der Waals surface area (Å²) in [4.78, 5) is 26.8. The van der Waals surface area contributed by atoms with Gasteiger partial charge in [-0.15, -0.1) is 0 Å². The number of pyridine rings is 1. The van der Waals surface area contributed by atoms with Crippen LogP contribution in [0, 0.1) is 0 Å². The van der Waals surface area contributed by atoms with Gasteiger partial charge in [0.05, 0.1) is 23.8 Å². The molecule has 0 bridgehead atoms. The number of urea groups is 1. The van der Waals surface area contributed by atoms with E-state index in [1.165, 1.54) is 11.2 Å². The van der Waals surface area contributed by atoms with Gasteiger partial charge in [-0.25, -0.2) is 14.8 Å². The van der Waals surface area contributed by atoms with Gasteiger partial charge in [-0.1, -0.05) is 24.3 Å². The van der Waals surface area contributed by atoms with Gasteiger partial charge in [0.15, 0.2) is 0 Å². The number of nitrogens with zero attached hydrogens (tertiary/aromatic N) is 4. The minimum Gasteiger partial charge on any atom is -0.381 e. The van der Waals surface area contributed by atoms with Gasteiger partial charge in [0.25, 0.3) is 0 Å². The number of carbonyl (C=O) groups excluding carboxylic acids is 1. The van der Waals surface area contributed by atoms with Crippen molar-refractivity contribution in [1.29, 1.82) is 0 Å². The molecular weight excluding hydrogens is 376 g/mol. The van der Waals surface area contributed by atoms with Crippen molar-refractivity contribution in [2.75, 3.05) is 15.5 Å². The van der Waals surface area contributed by atoms with Crippen molar-refractivity contribution < 1.29 is 4.79 Å². The highest BCUT2D eigenvalue weighted by Gasteiger charge is 2.18. The summed E-state index contributed by atoms with van der Waals surface area (Å²) < 4.78 is 0. The number of amides is 2. The van der Waals surface area contributed by atoms with E-state index >= 15 is 0 Å². The van der Waals surface area contributed by atoms with E-state index < -0.39 is 0 Å². The lowest BCUT2D eigenvalue weighted by Crippen LogP contribution is -2.31. The van der Waals surface area contributed by atoms with Crippen LogP contribution in [0.2, 0.25) is 0 Å². The first-order valence-electron chi connectivity index (χ1n) is 9.43. The predicted molar refractivity (Wildman–Crippen MR) is 118 cm³/mol. The lowest BCUT2D eigenvalue weighted by atomic mass is 10.2. The standard InChI is InChI=1S/C23H20N6O/c30-23(29(21-6-2-1-3-7-21)22-15-25-17-26-16-22)28-20-10-8-19(9-11-20)27-14-18-5-4-12-24-13-18/h1-13,15-17,27H,14H2,(H,28,30). The first kappa shape index (κ1) is 19.1. The minimum absolute atomic E-state index is 0.299. The molecule has 0 fully saturated rings. The van der Waals surface area contributed by atoms with Crippen molar-refractivity contribution in [3.05, 3.63) is 103 Å². The summed E-state index contributed by atoms with van der Waals surface area (Å²) in [5.74, 6) is 0. The Morgan fingerprint density at radius 2 is 1.50 bits per heavy atom. The Balaban J connectivity index is 1.46. The third-order valence-corrected chi connectivity index (χ3v) is 4.38. The van der Waals surface area contributed by atoms with Gasteiger partial charge in [0.1, 0.15) is 6.33 Å². The van der Waals surface area contributed by atoms with Gasteiger partial charge >= 0.3 is 6.03 Å². The average molecular weight is 396 g/mol. The van der Waals surface area contributed by atoms with E-state index in [9.17, 15) is 4.79 Å². The lowest BCUT2D eigenvalue weighted by Gasteiger charge is -2.22. The van der Waals surface area contributed by atoms with E-state index in [1.54, 1.807) is 18.6 Å². The number of rotatable bonds is 6. The molecule has 148 valence electrons. The summed E-state index contributed by atoms with van der Waals surface area (Å²) in [5.41, 5.74) is 4.03. The van der Waals surface area contributed by atoms with Crippen LogP contribution in [0.1, 0.15) is 5.56 Å². The Bertz CT molecular complexity index is 1030. The van der Waals surface area contributed by atoms with Crippen LogP contribution in [0.5, 0.6) is 0 Å². The second kappa shape index (κ2) is 9.29. The fraction of sp³-hybridized carbons (Fsp3) is 0.0435. The summed E-state index contributed by atoms with van der Waals surface area (Å²) >= 11 is 0. The number of aromatic nitrogens is 3. The molecule has 0 unspecified atom stereocenters. The van der Waals surface area contributed by atoms with Crippen molar-refractivity contribution in [2.45, 2.75) is 6.54 Å². The van der Waals surface area contributed by atoms with Crippen LogP contribution >= 0.6 is 0 Å². The van der Waals surface area contributed by atoms with E-state index in [0.29, 0.717) is 17.9 Å². The molecule has 0 aliphatic carbocycles. The molecule has 2 aromatic carbocycles. The average Bonchev–Trinajstić information content (AvgIpc) is 2.81. The number of hydrogen-bond acceptors (Lipinski definition) is 5. The van der Waals surface area contributed by atoms with Gasteiger partial charge in [0, 0.05) is 30.3 Å². The SMILES string of the molecule is O=C(Nc1ccc(NCc2cccnc2)cc1)N(c1ccccc1)c1cncnc1. The highest BCUT2D eigenvalue weighted by Crippen LogP contribution is 2.25. The number of nitrogens with one attached hydrogen (secondary N) is 2. The lowest BCUT2D eigenvalue weighted by molar-refractivity contribution is 0.259. The molecule has 0 aliphatic heterocycles. The second-order valence-corrected chi connectivity index (χ2v) is 6.49. The molecule has 0 spiro atoms. The van der Waals surface area contributed by atoms with Crippen molar-refractivity contribution in [2.24, 2.45) is 0 Å². The molecule has 0 atom stereocenters. The van der Waals surface area contributed by atoms with E-state index in [-0.39, 0.29) is 6.03 Å². The highest BCUT2D eigenvalue weighted by molar-refractivity contribution is 6.06. The van der Waals surface area contributed by atoms with Crippen LogP contribution in [-0.2, 0) is 6.54 Å². The summed E-state index contributed by atoms with van der Waals surface area (Å²) in [6.45, 7) is 0.676. The number of anilines is 4. The first-order chi connectivity index (χ1) is 14.8. The Labute approximate surface area is 174 Å². The summed E-state index contributed by atoms with van der Waals surface area (Å²) in [5, 5.41) is 6.27.